The van der Waals surface area contributed by atoms with E-state index in [-0.39, 0.29) is 23.1 Å². The molecule has 0 bridgehead atoms. The Bertz CT molecular complexity index is 1440. The number of nitrogens with one attached hydrogen (secondary N) is 2. The number of benzene rings is 3. The van der Waals surface area contributed by atoms with Gasteiger partial charge in [-0.2, -0.15) is 26.3 Å². The molecule has 5 rings (SSSR count). The van der Waals surface area contributed by atoms with Gasteiger partial charge in [-0.05, 0) is 60.0 Å². The second kappa shape index (κ2) is 8.58. The molecular formula is C25H18F6N4O. The smallest absolute Gasteiger partial charge is 0.355 e. The Morgan fingerprint density at radius 3 is 2.33 bits per heavy atom. The van der Waals surface area contributed by atoms with Crippen LogP contribution in [0, 0.1) is 0 Å². The van der Waals surface area contributed by atoms with Crippen LogP contribution in [-0.2, 0) is 25.3 Å². The molecule has 4 aromatic rings. The number of hydrogen-bond acceptors (Lipinski definition) is 3. The molecule has 0 radical (unpaired) electrons. The molecule has 5 nitrogen and oxygen atoms in total. The number of alkyl halides is 6. The lowest BCUT2D eigenvalue weighted by Gasteiger charge is -2.30. The van der Waals surface area contributed by atoms with E-state index in [2.05, 4.69) is 15.3 Å². The van der Waals surface area contributed by atoms with Gasteiger partial charge in [0.1, 0.15) is 5.52 Å². The van der Waals surface area contributed by atoms with Gasteiger partial charge in [0.05, 0.1) is 16.6 Å². The summed E-state index contributed by atoms with van der Waals surface area (Å²) in [7, 11) is 0. The molecule has 0 fully saturated rings. The van der Waals surface area contributed by atoms with E-state index >= 15 is 0 Å². The number of H-pyrrole nitrogens is 1. The summed E-state index contributed by atoms with van der Waals surface area (Å²) in [4.78, 5) is 20.6. The van der Waals surface area contributed by atoms with E-state index < -0.39 is 29.6 Å². The minimum atomic E-state index is -4.67. The first-order chi connectivity index (χ1) is 17.0. The standard InChI is InChI=1S/C25H18F6N4O/c26-24(27,28)15-7-9-16(10-8-15)32-19-5-1-3-14-13-35(12-11-17(14)19)22(36)18-4-2-6-20-21(18)34-23(33-20)25(29,30)31/h1-10,32H,11-13H2,(H,33,34). The summed E-state index contributed by atoms with van der Waals surface area (Å²) in [6, 6.07) is 14.5. The molecule has 1 aromatic heterocycles. The fourth-order valence-electron chi connectivity index (χ4n) is 4.31. The van der Waals surface area contributed by atoms with Crippen molar-refractivity contribution >= 4 is 28.3 Å². The number of aromatic amines is 1. The number of carbonyl (C=O) groups is 1. The summed E-state index contributed by atoms with van der Waals surface area (Å²) in [5, 5.41) is 3.14. The van der Waals surface area contributed by atoms with Gasteiger partial charge in [0, 0.05) is 24.5 Å². The fourth-order valence-corrected chi connectivity index (χ4v) is 4.31. The lowest BCUT2D eigenvalue weighted by molar-refractivity contribution is -0.144. The zero-order valence-corrected chi connectivity index (χ0v) is 18.5. The normalized spacial score (nSPS) is 14.1. The number of para-hydroxylation sites is 1. The van der Waals surface area contributed by atoms with Crippen molar-refractivity contribution in [2.24, 2.45) is 0 Å². The molecule has 1 amide bonds. The highest BCUT2D eigenvalue weighted by atomic mass is 19.4. The monoisotopic (exact) mass is 504 g/mol. The van der Waals surface area contributed by atoms with Crippen LogP contribution in [-0.4, -0.2) is 27.3 Å². The number of anilines is 2. The molecule has 186 valence electrons. The van der Waals surface area contributed by atoms with E-state index in [1.54, 1.807) is 17.0 Å². The van der Waals surface area contributed by atoms with Crippen molar-refractivity contribution in [2.75, 3.05) is 11.9 Å². The number of carbonyl (C=O) groups excluding carboxylic acids is 1. The van der Waals surface area contributed by atoms with Crippen molar-refractivity contribution in [3.63, 3.8) is 0 Å². The fraction of sp³-hybridized carbons (Fsp3) is 0.200. The number of imidazole rings is 1. The summed E-state index contributed by atoms with van der Waals surface area (Å²) >= 11 is 0. The molecule has 0 saturated heterocycles. The highest BCUT2D eigenvalue weighted by molar-refractivity contribution is 6.05. The highest BCUT2D eigenvalue weighted by Gasteiger charge is 2.36. The molecular weight excluding hydrogens is 486 g/mol. The van der Waals surface area contributed by atoms with Crippen LogP contribution in [0.15, 0.2) is 60.7 Å². The zero-order chi connectivity index (χ0) is 25.7. The second-order valence-electron chi connectivity index (χ2n) is 8.40. The molecule has 0 spiro atoms. The van der Waals surface area contributed by atoms with Gasteiger partial charge >= 0.3 is 12.4 Å². The van der Waals surface area contributed by atoms with Crippen molar-refractivity contribution in [1.29, 1.82) is 0 Å². The molecule has 1 aliphatic rings. The van der Waals surface area contributed by atoms with Crippen molar-refractivity contribution in [3.05, 3.63) is 88.7 Å². The van der Waals surface area contributed by atoms with E-state index in [1.165, 1.54) is 30.3 Å². The minimum Gasteiger partial charge on any atom is -0.355 e. The van der Waals surface area contributed by atoms with Gasteiger partial charge in [-0.15, -0.1) is 0 Å². The molecule has 0 atom stereocenters. The van der Waals surface area contributed by atoms with E-state index in [1.807, 2.05) is 6.07 Å². The predicted octanol–water partition coefficient (Wildman–Crippen LogP) is 6.54. The van der Waals surface area contributed by atoms with E-state index in [0.717, 1.165) is 23.3 Å². The molecule has 11 heteroatoms. The van der Waals surface area contributed by atoms with Crippen LogP contribution in [0.25, 0.3) is 11.0 Å². The Morgan fingerprint density at radius 2 is 1.64 bits per heavy atom. The average Bonchev–Trinajstić information content (AvgIpc) is 3.29. The number of aromatic nitrogens is 2. The van der Waals surface area contributed by atoms with Crippen LogP contribution < -0.4 is 5.32 Å². The number of fused-ring (bicyclic) bond motifs is 2. The van der Waals surface area contributed by atoms with Gasteiger partial charge in [0.25, 0.3) is 5.91 Å². The van der Waals surface area contributed by atoms with Crippen molar-refractivity contribution in [3.8, 4) is 0 Å². The third-order valence-electron chi connectivity index (χ3n) is 6.06. The number of nitrogens with zero attached hydrogens (tertiary/aromatic N) is 2. The highest BCUT2D eigenvalue weighted by Crippen LogP contribution is 2.33. The maximum atomic E-state index is 13.3. The van der Waals surface area contributed by atoms with Gasteiger partial charge in [0.2, 0.25) is 5.82 Å². The minimum absolute atomic E-state index is 0.0432. The summed E-state index contributed by atoms with van der Waals surface area (Å²) in [5.74, 6) is -1.60. The van der Waals surface area contributed by atoms with Crippen LogP contribution in [0.1, 0.15) is 32.9 Å². The van der Waals surface area contributed by atoms with Gasteiger partial charge < -0.3 is 15.2 Å². The molecule has 0 unspecified atom stereocenters. The van der Waals surface area contributed by atoms with E-state index in [9.17, 15) is 31.1 Å². The Hall–Kier alpha value is -4.02. The number of amides is 1. The summed E-state index contributed by atoms with van der Waals surface area (Å²) in [6.07, 6.45) is -8.63. The molecule has 2 heterocycles. The molecule has 0 aliphatic carbocycles. The summed E-state index contributed by atoms with van der Waals surface area (Å²) < 4.78 is 77.8. The van der Waals surface area contributed by atoms with Crippen molar-refractivity contribution < 1.29 is 31.1 Å². The van der Waals surface area contributed by atoms with Gasteiger partial charge in [-0.1, -0.05) is 18.2 Å². The maximum Gasteiger partial charge on any atom is 0.449 e. The lowest BCUT2D eigenvalue weighted by atomic mass is 9.96. The van der Waals surface area contributed by atoms with Gasteiger partial charge in [0.15, 0.2) is 0 Å². The quantitative estimate of drug-likeness (QED) is 0.312. The third-order valence-corrected chi connectivity index (χ3v) is 6.06. The topological polar surface area (TPSA) is 61.0 Å². The number of hydrogen-bond donors (Lipinski definition) is 2. The van der Waals surface area contributed by atoms with Crippen LogP contribution in [0.4, 0.5) is 37.7 Å². The van der Waals surface area contributed by atoms with Crippen LogP contribution in [0.5, 0.6) is 0 Å². The number of rotatable bonds is 3. The largest absolute Gasteiger partial charge is 0.449 e. The Kier molecular flexibility index (Phi) is 5.65. The van der Waals surface area contributed by atoms with Gasteiger partial charge in [-0.25, -0.2) is 4.98 Å². The zero-order valence-electron chi connectivity index (χ0n) is 18.5. The maximum absolute atomic E-state index is 13.3. The first-order valence-electron chi connectivity index (χ1n) is 10.9. The SMILES string of the molecule is O=C(c1cccc2[nH]c(C(F)(F)F)nc12)N1CCc2c(cccc2Nc2ccc(C(F)(F)F)cc2)C1. The van der Waals surface area contributed by atoms with E-state index in [0.29, 0.717) is 24.3 Å². The first kappa shape index (κ1) is 23.7. The van der Waals surface area contributed by atoms with Gasteiger partial charge in [-0.3, -0.25) is 4.79 Å². The number of halogens is 6. The summed E-state index contributed by atoms with van der Waals surface area (Å²) in [6.45, 7) is 0.536. The van der Waals surface area contributed by atoms with Crippen molar-refractivity contribution in [1.82, 2.24) is 14.9 Å². The van der Waals surface area contributed by atoms with Crippen LogP contribution >= 0.6 is 0 Å². The third kappa shape index (κ3) is 4.48. The van der Waals surface area contributed by atoms with Crippen LogP contribution in [0.3, 0.4) is 0 Å². The average molecular weight is 504 g/mol. The molecule has 1 aliphatic heterocycles. The molecule has 0 saturated carbocycles. The Balaban J connectivity index is 1.38. The lowest BCUT2D eigenvalue weighted by Crippen LogP contribution is -2.36. The molecule has 3 aromatic carbocycles. The first-order valence-corrected chi connectivity index (χ1v) is 10.9. The summed E-state index contributed by atoms with van der Waals surface area (Å²) in [5.41, 5.74) is 2.35. The Morgan fingerprint density at radius 1 is 0.917 bits per heavy atom. The van der Waals surface area contributed by atoms with Crippen molar-refractivity contribution in [2.45, 2.75) is 25.3 Å². The van der Waals surface area contributed by atoms with E-state index in [4.69, 9.17) is 0 Å². The molecule has 2 N–H and O–H groups in total. The predicted molar refractivity (Wildman–Crippen MR) is 121 cm³/mol. The van der Waals surface area contributed by atoms with Crippen LogP contribution in [0.2, 0.25) is 0 Å². The second-order valence-corrected chi connectivity index (χ2v) is 8.40. The Labute approximate surface area is 200 Å². The molecule has 36 heavy (non-hydrogen) atoms.